The van der Waals surface area contributed by atoms with Crippen molar-refractivity contribution in [3.8, 4) is 34.3 Å². The van der Waals surface area contributed by atoms with Crippen LogP contribution in [0.3, 0.4) is 0 Å². The Bertz CT molecular complexity index is 1240. The maximum absolute atomic E-state index is 12.8. The number of aliphatic hydroxyl groups is 1. The lowest BCUT2D eigenvalue weighted by Gasteiger charge is -2.30. The van der Waals surface area contributed by atoms with Crippen LogP contribution in [0.1, 0.15) is 40.2 Å². The first-order valence-corrected chi connectivity index (χ1v) is 12.1. The van der Waals surface area contributed by atoms with E-state index in [9.17, 15) is 9.90 Å². The van der Waals surface area contributed by atoms with Gasteiger partial charge in [0.2, 0.25) is 5.82 Å². The van der Waals surface area contributed by atoms with Crippen LogP contribution in [0.2, 0.25) is 5.02 Å². The van der Waals surface area contributed by atoms with Crippen molar-refractivity contribution < 1.29 is 28.6 Å². The fourth-order valence-corrected chi connectivity index (χ4v) is 3.92. The van der Waals surface area contributed by atoms with Gasteiger partial charge < -0.3 is 23.8 Å². The summed E-state index contributed by atoms with van der Waals surface area (Å²) in [5.74, 6) is 1.87. The Morgan fingerprint density at radius 3 is 2.64 bits per heavy atom. The third-order valence-corrected chi connectivity index (χ3v) is 5.63. The van der Waals surface area contributed by atoms with Crippen molar-refractivity contribution in [3.05, 3.63) is 47.0 Å². The Balaban J connectivity index is 1.59. The van der Waals surface area contributed by atoms with E-state index in [1.54, 1.807) is 45.0 Å². The highest BCUT2D eigenvalue weighted by Crippen LogP contribution is 2.33. The smallest absolute Gasteiger partial charge is 0.411 e. The molecule has 36 heavy (non-hydrogen) atoms. The lowest BCUT2D eigenvalue weighted by Crippen LogP contribution is -2.46. The fourth-order valence-electron chi connectivity index (χ4n) is 3.70. The van der Waals surface area contributed by atoms with Gasteiger partial charge in [0.1, 0.15) is 23.7 Å². The molecule has 0 saturated heterocycles. The summed E-state index contributed by atoms with van der Waals surface area (Å²) in [7, 11) is 0. The first-order chi connectivity index (χ1) is 17.0. The van der Waals surface area contributed by atoms with Gasteiger partial charge in [0.15, 0.2) is 0 Å². The maximum atomic E-state index is 12.8. The second kappa shape index (κ2) is 10.4. The average Bonchev–Trinajstić information content (AvgIpc) is 3.21. The lowest BCUT2D eigenvalue weighted by molar-refractivity contribution is 0.00307. The topological polar surface area (TPSA) is 107 Å². The molecular weight excluding hydrogens is 486 g/mol. The predicted octanol–water partition coefficient (Wildman–Crippen LogP) is 5.33. The Labute approximate surface area is 214 Å². The summed E-state index contributed by atoms with van der Waals surface area (Å²) < 4.78 is 22.6. The van der Waals surface area contributed by atoms with Crippen LogP contribution < -0.4 is 9.47 Å². The minimum Gasteiger partial charge on any atom is -0.491 e. The number of carbonyl (C=O) groups is 1. The molecule has 9 nitrogen and oxygen atoms in total. The van der Waals surface area contributed by atoms with Crippen LogP contribution in [-0.4, -0.2) is 57.2 Å². The van der Waals surface area contributed by atoms with E-state index in [0.29, 0.717) is 39.4 Å². The third kappa shape index (κ3) is 5.91. The van der Waals surface area contributed by atoms with E-state index in [-0.39, 0.29) is 25.9 Å². The van der Waals surface area contributed by atoms with E-state index in [2.05, 4.69) is 10.1 Å². The largest absolute Gasteiger partial charge is 0.491 e. The quantitative estimate of drug-likeness (QED) is 0.485. The van der Waals surface area contributed by atoms with Gasteiger partial charge in [-0.25, -0.2) is 4.79 Å². The second-order valence-corrected chi connectivity index (χ2v) is 10.2. The zero-order valence-electron chi connectivity index (χ0n) is 20.9. The second-order valence-electron chi connectivity index (χ2n) is 9.81. The van der Waals surface area contributed by atoms with Crippen LogP contribution in [0.25, 0.3) is 22.8 Å². The molecule has 4 rings (SSSR count). The van der Waals surface area contributed by atoms with Gasteiger partial charge in [-0.05, 0) is 71.0 Å². The van der Waals surface area contributed by atoms with Crippen molar-refractivity contribution in [2.24, 2.45) is 0 Å². The number of hydrogen-bond donors (Lipinski definition) is 1. The molecule has 1 amide bonds. The molecule has 2 aromatic carbocycles. The standard InChI is InChI=1S/C26H30ClN3O6/c1-15(2)34-22-9-7-17(11-20(22)27)24-28-23(29-36-24)16-6-8-21-18(10-16)12-30(19(13-31)14-33-21)25(32)35-26(3,4)5/h6-11,15,19,31H,12-14H2,1-5H3. The van der Waals surface area contributed by atoms with Crippen molar-refractivity contribution in [1.82, 2.24) is 15.0 Å². The van der Waals surface area contributed by atoms with Crippen LogP contribution in [-0.2, 0) is 11.3 Å². The summed E-state index contributed by atoms with van der Waals surface area (Å²) in [6.45, 7) is 9.33. The van der Waals surface area contributed by atoms with Gasteiger partial charge in [-0.2, -0.15) is 4.98 Å². The molecule has 192 valence electrons. The molecule has 3 aromatic rings. The third-order valence-electron chi connectivity index (χ3n) is 5.34. The molecule has 0 aliphatic carbocycles. The molecule has 0 saturated carbocycles. The van der Waals surface area contributed by atoms with E-state index in [0.717, 1.165) is 5.56 Å². The zero-order valence-corrected chi connectivity index (χ0v) is 21.7. The summed E-state index contributed by atoms with van der Waals surface area (Å²) >= 11 is 6.36. The number of aromatic nitrogens is 2. The molecule has 1 atom stereocenters. The Kier molecular flexibility index (Phi) is 7.42. The molecular formula is C26H30ClN3O6. The molecule has 2 heterocycles. The van der Waals surface area contributed by atoms with Crippen LogP contribution in [0.5, 0.6) is 11.5 Å². The van der Waals surface area contributed by atoms with E-state index < -0.39 is 17.7 Å². The van der Waals surface area contributed by atoms with Gasteiger partial charge >= 0.3 is 6.09 Å². The molecule has 1 aromatic heterocycles. The highest BCUT2D eigenvalue weighted by molar-refractivity contribution is 6.32. The number of aliphatic hydroxyl groups excluding tert-OH is 1. The molecule has 1 unspecified atom stereocenters. The number of benzene rings is 2. The lowest BCUT2D eigenvalue weighted by atomic mass is 10.1. The number of ether oxygens (including phenoxy) is 3. The monoisotopic (exact) mass is 515 g/mol. The van der Waals surface area contributed by atoms with Crippen molar-refractivity contribution in [1.29, 1.82) is 0 Å². The van der Waals surface area contributed by atoms with Gasteiger partial charge in [-0.1, -0.05) is 16.8 Å². The zero-order chi connectivity index (χ0) is 26.0. The minimum atomic E-state index is -0.669. The Hall–Kier alpha value is -3.30. The summed E-state index contributed by atoms with van der Waals surface area (Å²) in [6.07, 6.45) is -0.522. The molecule has 10 heteroatoms. The van der Waals surface area contributed by atoms with Crippen molar-refractivity contribution in [2.75, 3.05) is 13.2 Å². The first kappa shape index (κ1) is 25.8. The minimum absolute atomic E-state index is 0.000513. The number of fused-ring (bicyclic) bond motifs is 1. The number of carbonyl (C=O) groups excluding carboxylic acids is 1. The summed E-state index contributed by atoms with van der Waals surface area (Å²) in [6, 6.07) is 10.2. The van der Waals surface area contributed by atoms with Gasteiger partial charge in [0.25, 0.3) is 5.89 Å². The summed E-state index contributed by atoms with van der Waals surface area (Å²) in [4.78, 5) is 18.9. The number of rotatable bonds is 5. The van der Waals surface area contributed by atoms with Gasteiger partial charge in [-0.3, -0.25) is 4.90 Å². The normalized spacial score (nSPS) is 15.8. The van der Waals surface area contributed by atoms with Crippen LogP contribution in [0.4, 0.5) is 4.79 Å². The highest BCUT2D eigenvalue weighted by Gasteiger charge is 2.32. The van der Waals surface area contributed by atoms with E-state index in [4.69, 9.17) is 30.3 Å². The number of hydrogen-bond acceptors (Lipinski definition) is 8. The van der Waals surface area contributed by atoms with Crippen LogP contribution >= 0.6 is 11.6 Å². The molecule has 0 spiro atoms. The Morgan fingerprint density at radius 1 is 1.22 bits per heavy atom. The molecule has 1 aliphatic rings. The first-order valence-electron chi connectivity index (χ1n) is 11.7. The molecule has 0 bridgehead atoms. The van der Waals surface area contributed by atoms with Gasteiger partial charge in [-0.15, -0.1) is 0 Å². The summed E-state index contributed by atoms with van der Waals surface area (Å²) in [5, 5.41) is 14.4. The number of halogens is 1. The van der Waals surface area contributed by atoms with E-state index in [1.807, 2.05) is 26.0 Å². The Morgan fingerprint density at radius 2 is 1.97 bits per heavy atom. The molecule has 1 aliphatic heterocycles. The average molecular weight is 516 g/mol. The summed E-state index contributed by atoms with van der Waals surface area (Å²) in [5.41, 5.74) is 1.41. The maximum Gasteiger partial charge on any atom is 0.411 e. The molecule has 0 radical (unpaired) electrons. The van der Waals surface area contributed by atoms with E-state index in [1.165, 1.54) is 4.90 Å². The fraction of sp³-hybridized carbons (Fsp3) is 0.423. The SMILES string of the molecule is CC(C)Oc1ccc(-c2nc(-c3ccc4c(c3)CN(C(=O)OC(C)(C)C)C(CO)CO4)no2)cc1Cl. The molecule has 1 N–H and O–H groups in total. The van der Waals surface area contributed by atoms with Crippen LogP contribution in [0.15, 0.2) is 40.9 Å². The highest BCUT2D eigenvalue weighted by atomic mass is 35.5. The van der Waals surface area contributed by atoms with Gasteiger partial charge in [0.05, 0.1) is 30.3 Å². The predicted molar refractivity (Wildman–Crippen MR) is 134 cm³/mol. The number of amides is 1. The van der Waals surface area contributed by atoms with Crippen molar-refractivity contribution >= 4 is 17.7 Å². The van der Waals surface area contributed by atoms with Gasteiger partial charge in [0, 0.05) is 16.7 Å². The molecule has 0 fully saturated rings. The van der Waals surface area contributed by atoms with Crippen molar-refractivity contribution in [3.63, 3.8) is 0 Å². The number of nitrogens with zero attached hydrogens (tertiary/aromatic N) is 3. The van der Waals surface area contributed by atoms with E-state index >= 15 is 0 Å². The van der Waals surface area contributed by atoms with Crippen LogP contribution in [0, 0.1) is 0 Å². The van der Waals surface area contributed by atoms with Crippen molar-refractivity contribution in [2.45, 2.75) is 58.9 Å².